The third-order valence-electron chi connectivity index (χ3n) is 2.56. The Hall–Kier alpha value is -0.820. The molecule has 0 unspecified atom stereocenters. The van der Waals surface area contributed by atoms with E-state index in [9.17, 15) is 13.2 Å². The summed E-state index contributed by atoms with van der Waals surface area (Å²) in [6.07, 6.45) is 0.0124. The summed E-state index contributed by atoms with van der Waals surface area (Å²) in [5.74, 6) is -0.988. The summed E-state index contributed by atoms with van der Waals surface area (Å²) in [7, 11) is -3.88. The second-order valence-corrected chi connectivity index (χ2v) is 7.45. The average molecular weight is 340 g/mol. The summed E-state index contributed by atoms with van der Waals surface area (Å²) in [4.78, 5) is 10.4. The Morgan fingerprint density at radius 1 is 1.35 bits per heavy atom. The summed E-state index contributed by atoms with van der Waals surface area (Å²) in [6, 6.07) is 4.13. The Morgan fingerprint density at radius 3 is 2.50 bits per heavy atom. The molecule has 2 N–H and O–H groups in total. The summed E-state index contributed by atoms with van der Waals surface area (Å²) < 4.78 is 27.0. The van der Waals surface area contributed by atoms with Crippen molar-refractivity contribution in [3.05, 3.63) is 28.2 Å². The van der Waals surface area contributed by atoms with Gasteiger partial charge in [-0.25, -0.2) is 13.1 Å². The standard InChI is InChI=1S/C12H15Cl2NO4S/c1-12(2,6-5-11(16)17)15-20(18,19)10-7-8(13)3-4-9(10)14/h3-4,7,15H,5-6H2,1-2H3,(H,16,17). The summed E-state index contributed by atoms with van der Waals surface area (Å²) in [5.41, 5.74) is -0.914. The van der Waals surface area contributed by atoms with Crippen LogP contribution in [0.15, 0.2) is 23.1 Å². The number of benzene rings is 1. The van der Waals surface area contributed by atoms with E-state index < -0.39 is 21.5 Å². The molecule has 0 bridgehead atoms. The van der Waals surface area contributed by atoms with E-state index in [4.69, 9.17) is 28.3 Å². The fraction of sp³-hybridized carbons (Fsp3) is 0.417. The lowest BCUT2D eigenvalue weighted by Gasteiger charge is -2.25. The lowest BCUT2D eigenvalue weighted by Crippen LogP contribution is -2.43. The maximum Gasteiger partial charge on any atom is 0.303 e. The first-order valence-corrected chi connectivity index (χ1v) is 7.98. The highest BCUT2D eigenvalue weighted by atomic mass is 35.5. The molecule has 1 rings (SSSR count). The molecule has 0 saturated heterocycles. The molecule has 20 heavy (non-hydrogen) atoms. The lowest BCUT2D eigenvalue weighted by atomic mass is 10.0. The van der Waals surface area contributed by atoms with Crippen LogP contribution in [-0.4, -0.2) is 25.0 Å². The molecule has 0 amide bonds. The molecule has 1 aromatic rings. The molecular weight excluding hydrogens is 325 g/mol. The molecule has 0 radical (unpaired) electrons. The molecule has 0 heterocycles. The highest BCUT2D eigenvalue weighted by Gasteiger charge is 2.28. The molecule has 8 heteroatoms. The molecule has 112 valence electrons. The molecule has 0 aliphatic heterocycles. The second-order valence-electron chi connectivity index (χ2n) is 4.96. The minimum Gasteiger partial charge on any atom is -0.481 e. The minimum absolute atomic E-state index is 0.0518. The van der Waals surface area contributed by atoms with Crippen LogP contribution in [0.3, 0.4) is 0 Å². The first-order chi connectivity index (χ1) is 9.03. The smallest absolute Gasteiger partial charge is 0.303 e. The zero-order chi connectivity index (χ0) is 15.6. The van der Waals surface area contributed by atoms with Gasteiger partial charge in [0.2, 0.25) is 10.0 Å². The number of sulfonamides is 1. The number of rotatable bonds is 6. The van der Waals surface area contributed by atoms with Gasteiger partial charge in [0.25, 0.3) is 0 Å². The topological polar surface area (TPSA) is 83.5 Å². The van der Waals surface area contributed by atoms with Crippen molar-refractivity contribution in [1.82, 2.24) is 4.72 Å². The van der Waals surface area contributed by atoms with Gasteiger partial charge in [-0.1, -0.05) is 23.2 Å². The molecule has 0 fully saturated rings. The van der Waals surface area contributed by atoms with E-state index in [0.29, 0.717) is 0 Å². The monoisotopic (exact) mass is 339 g/mol. The van der Waals surface area contributed by atoms with Crippen molar-refractivity contribution in [1.29, 1.82) is 0 Å². The van der Waals surface area contributed by atoms with Crippen molar-refractivity contribution in [2.24, 2.45) is 0 Å². The molecule has 1 aromatic carbocycles. The van der Waals surface area contributed by atoms with Crippen molar-refractivity contribution in [3.8, 4) is 0 Å². The van der Waals surface area contributed by atoms with Crippen LogP contribution in [-0.2, 0) is 14.8 Å². The van der Waals surface area contributed by atoms with E-state index in [2.05, 4.69) is 4.72 Å². The summed E-state index contributed by atoms with van der Waals surface area (Å²) >= 11 is 11.6. The maximum absolute atomic E-state index is 12.3. The molecule has 0 saturated carbocycles. The number of halogens is 2. The number of carboxylic acid groups (broad SMARTS) is 1. The van der Waals surface area contributed by atoms with Crippen LogP contribution in [0.2, 0.25) is 10.0 Å². The van der Waals surface area contributed by atoms with Crippen molar-refractivity contribution in [2.75, 3.05) is 0 Å². The molecule has 0 atom stereocenters. The molecule has 5 nitrogen and oxygen atoms in total. The summed E-state index contributed by atoms with van der Waals surface area (Å²) in [6.45, 7) is 3.21. The van der Waals surface area contributed by atoms with Crippen LogP contribution >= 0.6 is 23.2 Å². The van der Waals surface area contributed by atoms with Gasteiger partial charge < -0.3 is 5.11 Å². The molecule has 0 spiro atoms. The maximum atomic E-state index is 12.3. The second kappa shape index (κ2) is 6.30. The number of aliphatic carboxylic acids is 1. The number of nitrogens with one attached hydrogen (secondary N) is 1. The van der Waals surface area contributed by atoms with Crippen molar-refractivity contribution in [3.63, 3.8) is 0 Å². The van der Waals surface area contributed by atoms with Gasteiger partial charge >= 0.3 is 5.97 Å². The first-order valence-electron chi connectivity index (χ1n) is 5.74. The predicted octanol–water partition coefficient (Wildman–Crippen LogP) is 2.92. The Labute approximate surface area is 127 Å². The van der Waals surface area contributed by atoms with Gasteiger partial charge in [0.1, 0.15) is 4.90 Å². The van der Waals surface area contributed by atoms with Gasteiger partial charge in [0.05, 0.1) is 5.02 Å². The quantitative estimate of drug-likeness (QED) is 0.834. The van der Waals surface area contributed by atoms with Gasteiger partial charge in [-0.2, -0.15) is 0 Å². The van der Waals surface area contributed by atoms with Crippen LogP contribution in [0, 0.1) is 0 Å². The zero-order valence-electron chi connectivity index (χ0n) is 11.0. The Balaban J connectivity index is 3.00. The SMILES string of the molecule is CC(C)(CCC(=O)O)NS(=O)(=O)c1cc(Cl)ccc1Cl. The van der Waals surface area contributed by atoms with E-state index in [0.717, 1.165) is 0 Å². The molecule has 0 aromatic heterocycles. The zero-order valence-corrected chi connectivity index (χ0v) is 13.3. The Kier molecular flexibility index (Phi) is 5.43. The van der Waals surface area contributed by atoms with Crippen LogP contribution in [0.1, 0.15) is 26.7 Å². The van der Waals surface area contributed by atoms with Crippen molar-refractivity contribution in [2.45, 2.75) is 37.1 Å². The van der Waals surface area contributed by atoms with E-state index in [-0.39, 0.29) is 27.8 Å². The van der Waals surface area contributed by atoms with Crippen LogP contribution in [0.5, 0.6) is 0 Å². The number of carbonyl (C=O) groups is 1. The predicted molar refractivity (Wildman–Crippen MR) is 77.7 cm³/mol. The van der Waals surface area contributed by atoms with E-state index in [1.54, 1.807) is 13.8 Å². The third-order valence-corrected chi connectivity index (χ3v) is 4.97. The number of carboxylic acids is 1. The fourth-order valence-electron chi connectivity index (χ4n) is 1.57. The third kappa shape index (κ3) is 4.94. The van der Waals surface area contributed by atoms with Gasteiger partial charge in [-0.05, 0) is 38.5 Å². The molecule has 0 aliphatic carbocycles. The molecule has 0 aliphatic rings. The van der Waals surface area contributed by atoms with Gasteiger partial charge in [0, 0.05) is 17.0 Å². The van der Waals surface area contributed by atoms with E-state index >= 15 is 0 Å². The normalized spacial score (nSPS) is 12.4. The van der Waals surface area contributed by atoms with Gasteiger partial charge in [0.15, 0.2) is 0 Å². The van der Waals surface area contributed by atoms with E-state index in [1.807, 2.05) is 0 Å². The van der Waals surface area contributed by atoms with Crippen molar-refractivity contribution >= 4 is 39.2 Å². The van der Waals surface area contributed by atoms with Gasteiger partial charge in [-0.15, -0.1) is 0 Å². The first kappa shape index (κ1) is 17.2. The van der Waals surface area contributed by atoms with Gasteiger partial charge in [-0.3, -0.25) is 4.79 Å². The number of hydrogen-bond acceptors (Lipinski definition) is 3. The lowest BCUT2D eigenvalue weighted by molar-refractivity contribution is -0.137. The van der Waals surface area contributed by atoms with Crippen LogP contribution in [0.25, 0.3) is 0 Å². The Morgan fingerprint density at radius 2 is 1.95 bits per heavy atom. The van der Waals surface area contributed by atoms with Crippen molar-refractivity contribution < 1.29 is 18.3 Å². The highest BCUT2D eigenvalue weighted by molar-refractivity contribution is 7.89. The Bertz CT molecular complexity index is 614. The van der Waals surface area contributed by atoms with Crippen LogP contribution in [0.4, 0.5) is 0 Å². The largest absolute Gasteiger partial charge is 0.481 e. The summed E-state index contributed by atoms with van der Waals surface area (Å²) in [5, 5.41) is 8.96. The number of hydrogen-bond donors (Lipinski definition) is 2. The van der Waals surface area contributed by atoms with E-state index in [1.165, 1.54) is 18.2 Å². The average Bonchev–Trinajstić information content (AvgIpc) is 2.28. The molecular formula is C12H15Cl2NO4S. The van der Waals surface area contributed by atoms with Crippen LogP contribution < -0.4 is 4.72 Å². The minimum atomic E-state index is -3.88. The fourth-order valence-corrected chi connectivity index (χ4v) is 3.78. The highest BCUT2D eigenvalue weighted by Crippen LogP contribution is 2.26.